The predicted octanol–water partition coefficient (Wildman–Crippen LogP) is 15.4. The first-order valence-corrected chi connectivity index (χ1v) is 20.1. The van der Waals surface area contributed by atoms with Crippen LogP contribution in [0.5, 0.6) is 11.5 Å². The topological polar surface area (TPSA) is 18.5 Å². The van der Waals surface area contributed by atoms with Crippen molar-refractivity contribution in [2.45, 2.75) is 123 Å². The van der Waals surface area contributed by atoms with Crippen LogP contribution in [0.3, 0.4) is 0 Å². The first kappa shape index (κ1) is 45.3. The fourth-order valence-corrected chi connectivity index (χ4v) is 7.53. The number of halogens is 10. The first-order valence-electron chi connectivity index (χ1n) is 20.1. The molecule has 4 aromatic rings. The van der Waals surface area contributed by atoms with Gasteiger partial charge in [0.2, 0.25) is 0 Å². The summed E-state index contributed by atoms with van der Waals surface area (Å²) in [5.74, 6) is -5.15. The number of alkyl halides is 6. The Bertz CT molecular complexity index is 2110. The molecular formula is C47H48F10O2. The van der Waals surface area contributed by atoms with Gasteiger partial charge in [0.25, 0.3) is 0 Å². The highest BCUT2D eigenvalue weighted by Crippen LogP contribution is 2.37. The molecule has 0 spiro atoms. The van der Waals surface area contributed by atoms with E-state index in [2.05, 4.69) is 35.5 Å². The molecule has 0 amide bonds. The fourth-order valence-electron chi connectivity index (χ4n) is 7.53. The maximum Gasteiger partial charge on any atom is 0.573 e. The lowest BCUT2D eigenvalue weighted by Gasteiger charge is -2.20. The standard InChI is InChI=1S/C24H25F5O.C23H23F5O/c1-2-3-4-5-6-7-16-8-11-19-17(14-16)9-12-20(23(19)26)18-10-13-22(21(25)15-18)30-24(27,28)29;1-2-3-4-5-6-15-7-10-18-16(13-15)8-11-19(22(18)25)17-9-12-21(20(24)14-17)29-23(26,27)28/h8-10,12-13,15H,2-7,11,14H2,1H3;7-9,11-12,14H,2-6,10,13H2,1H3. The van der Waals surface area contributed by atoms with Gasteiger partial charge in [-0.2, -0.15) is 0 Å². The quantitative estimate of drug-likeness (QED) is 0.0675. The lowest BCUT2D eigenvalue weighted by atomic mass is 9.86. The van der Waals surface area contributed by atoms with Crippen molar-refractivity contribution < 1.29 is 53.4 Å². The van der Waals surface area contributed by atoms with Crippen LogP contribution in [-0.4, -0.2) is 12.7 Å². The maximum atomic E-state index is 15.1. The predicted molar refractivity (Wildman–Crippen MR) is 210 cm³/mol. The van der Waals surface area contributed by atoms with Gasteiger partial charge in [-0.05, 0) is 109 Å². The van der Waals surface area contributed by atoms with E-state index >= 15 is 8.78 Å². The zero-order valence-corrected chi connectivity index (χ0v) is 33.1. The molecule has 2 aliphatic carbocycles. The van der Waals surface area contributed by atoms with E-state index in [0.29, 0.717) is 36.8 Å². The van der Waals surface area contributed by atoms with Crippen molar-refractivity contribution in [3.8, 4) is 33.8 Å². The van der Waals surface area contributed by atoms with Gasteiger partial charge < -0.3 is 9.47 Å². The second-order valence-electron chi connectivity index (χ2n) is 15.0. The molecule has 0 bridgehead atoms. The van der Waals surface area contributed by atoms with E-state index < -0.39 is 47.5 Å². The number of hydrogen-bond acceptors (Lipinski definition) is 2. The molecule has 0 unspecified atom stereocenters. The van der Waals surface area contributed by atoms with Crippen LogP contribution in [0, 0.1) is 23.3 Å². The number of ether oxygens (including phenoxy) is 2. The zero-order valence-electron chi connectivity index (χ0n) is 33.1. The van der Waals surface area contributed by atoms with E-state index in [0.717, 1.165) is 61.1 Å². The van der Waals surface area contributed by atoms with Crippen LogP contribution in [-0.2, 0) is 25.7 Å². The molecule has 0 fully saturated rings. The van der Waals surface area contributed by atoms with Gasteiger partial charge in [-0.1, -0.05) is 118 Å². The van der Waals surface area contributed by atoms with Crippen molar-refractivity contribution in [2.24, 2.45) is 0 Å². The van der Waals surface area contributed by atoms with Crippen molar-refractivity contribution in [1.29, 1.82) is 0 Å². The van der Waals surface area contributed by atoms with Gasteiger partial charge in [0.05, 0.1) is 0 Å². The van der Waals surface area contributed by atoms with Crippen molar-refractivity contribution in [3.63, 3.8) is 0 Å². The molecular weight excluding hydrogens is 786 g/mol. The van der Waals surface area contributed by atoms with E-state index in [1.54, 1.807) is 12.1 Å². The van der Waals surface area contributed by atoms with Crippen molar-refractivity contribution >= 4 is 0 Å². The normalized spacial score (nSPS) is 13.8. The summed E-state index contributed by atoms with van der Waals surface area (Å²) in [4.78, 5) is 0. The molecule has 2 aliphatic rings. The Balaban J connectivity index is 0.000000224. The van der Waals surface area contributed by atoms with E-state index in [4.69, 9.17) is 0 Å². The second kappa shape index (κ2) is 20.5. The Morgan fingerprint density at radius 2 is 0.881 bits per heavy atom. The number of unbranched alkanes of at least 4 members (excludes halogenated alkanes) is 7. The van der Waals surface area contributed by atoms with Crippen LogP contribution in [0.4, 0.5) is 43.9 Å². The first-order chi connectivity index (χ1) is 28.1. The van der Waals surface area contributed by atoms with Crippen LogP contribution in [0.1, 0.15) is 107 Å². The van der Waals surface area contributed by atoms with Crippen LogP contribution in [0.2, 0.25) is 0 Å². The van der Waals surface area contributed by atoms with E-state index in [9.17, 15) is 35.1 Å². The van der Waals surface area contributed by atoms with E-state index in [-0.39, 0.29) is 22.3 Å². The van der Waals surface area contributed by atoms with Gasteiger partial charge in [-0.15, -0.1) is 26.3 Å². The van der Waals surface area contributed by atoms with Crippen LogP contribution >= 0.6 is 0 Å². The molecule has 0 atom stereocenters. The maximum absolute atomic E-state index is 15.1. The molecule has 0 N–H and O–H groups in total. The summed E-state index contributed by atoms with van der Waals surface area (Å²) in [7, 11) is 0. The third-order valence-electron chi connectivity index (χ3n) is 10.6. The monoisotopic (exact) mass is 834 g/mol. The third-order valence-corrected chi connectivity index (χ3v) is 10.6. The highest BCUT2D eigenvalue weighted by atomic mass is 19.4. The van der Waals surface area contributed by atoms with Crippen molar-refractivity contribution in [1.82, 2.24) is 0 Å². The number of rotatable bonds is 15. The highest BCUT2D eigenvalue weighted by Gasteiger charge is 2.33. The minimum Gasteiger partial charge on any atom is -0.403 e. The summed E-state index contributed by atoms with van der Waals surface area (Å²) in [6, 6.07) is 12.7. The third kappa shape index (κ3) is 12.9. The molecule has 0 saturated carbocycles. The number of benzene rings is 4. The summed E-state index contributed by atoms with van der Waals surface area (Å²) in [5.41, 5.74) is 6.26. The minimum atomic E-state index is -4.99. The molecule has 0 saturated heterocycles. The van der Waals surface area contributed by atoms with E-state index in [1.807, 2.05) is 12.1 Å². The Morgan fingerprint density at radius 3 is 1.25 bits per heavy atom. The lowest BCUT2D eigenvalue weighted by molar-refractivity contribution is -0.276. The van der Waals surface area contributed by atoms with Crippen LogP contribution in [0.15, 0.2) is 84.0 Å². The fraction of sp³-hybridized carbons (Fsp3) is 0.404. The van der Waals surface area contributed by atoms with Gasteiger partial charge in [0, 0.05) is 11.1 Å². The summed E-state index contributed by atoms with van der Waals surface area (Å²) in [5, 5.41) is 0. The average Bonchev–Trinajstić information content (AvgIpc) is 3.18. The zero-order chi connectivity index (χ0) is 42.7. The van der Waals surface area contributed by atoms with Gasteiger partial charge in [-0.25, -0.2) is 17.6 Å². The van der Waals surface area contributed by atoms with Crippen LogP contribution in [0.25, 0.3) is 22.3 Å². The van der Waals surface area contributed by atoms with Crippen LogP contribution < -0.4 is 9.47 Å². The van der Waals surface area contributed by atoms with Crippen molar-refractivity contribution in [3.05, 3.63) is 129 Å². The Labute approximate surface area is 338 Å². The summed E-state index contributed by atoms with van der Waals surface area (Å²) >= 11 is 0. The van der Waals surface area contributed by atoms with Gasteiger partial charge >= 0.3 is 12.7 Å². The molecule has 59 heavy (non-hydrogen) atoms. The molecule has 0 radical (unpaired) electrons. The summed E-state index contributed by atoms with van der Waals surface area (Å²) < 4.78 is 139. The second-order valence-corrected chi connectivity index (χ2v) is 15.0. The molecule has 0 aromatic heterocycles. The van der Waals surface area contributed by atoms with Gasteiger partial charge in [-0.3, -0.25) is 0 Å². The summed E-state index contributed by atoms with van der Waals surface area (Å²) in [6.07, 6.45) is 9.25. The largest absolute Gasteiger partial charge is 0.573 e. The summed E-state index contributed by atoms with van der Waals surface area (Å²) in [6.45, 7) is 4.35. The molecule has 318 valence electrons. The Kier molecular flexibility index (Phi) is 15.7. The molecule has 12 heteroatoms. The lowest BCUT2D eigenvalue weighted by Crippen LogP contribution is -2.17. The van der Waals surface area contributed by atoms with E-state index in [1.165, 1.54) is 68.2 Å². The van der Waals surface area contributed by atoms with Gasteiger partial charge in [0.1, 0.15) is 11.6 Å². The average molecular weight is 835 g/mol. The Morgan fingerprint density at radius 1 is 0.492 bits per heavy atom. The molecule has 6 rings (SSSR count). The highest BCUT2D eigenvalue weighted by molar-refractivity contribution is 5.68. The number of hydrogen-bond donors (Lipinski definition) is 0. The SMILES string of the molecule is CCCCCCC1=CCc2c(ccc(-c3ccc(OC(F)(F)F)c(F)c3)c2F)C1.CCCCCCCC1=CCc2c(ccc(-c3ccc(OC(F)(F)F)c(F)c3)c2F)C1. The number of fused-ring (bicyclic) bond motifs is 2. The molecule has 0 heterocycles. The molecule has 4 aromatic carbocycles. The Hall–Kier alpha value is -4.74. The minimum absolute atomic E-state index is 0.168. The smallest absolute Gasteiger partial charge is 0.403 e. The molecule has 2 nitrogen and oxygen atoms in total. The van der Waals surface area contributed by atoms with Gasteiger partial charge in [0.15, 0.2) is 23.1 Å². The molecule has 0 aliphatic heterocycles. The van der Waals surface area contributed by atoms with Crippen molar-refractivity contribution in [2.75, 3.05) is 0 Å². The number of allylic oxidation sites excluding steroid dienone is 4.